The molecule has 4 heteroatoms. The van der Waals surface area contributed by atoms with E-state index in [1.54, 1.807) is 0 Å². The molecule has 0 spiro atoms. The minimum atomic E-state index is -0.858. The lowest BCUT2D eigenvalue weighted by atomic mass is 9.79. The Balaban J connectivity index is 2.28. The van der Waals surface area contributed by atoms with Gasteiger partial charge >= 0.3 is 11.9 Å². The second-order valence-electron chi connectivity index (χ2n) is 6.04. The molecule has 1 aliphatic carbocycles. The maximum absolute atomic E-state index is 12.0. The quantitative estimate of drug-likeness (QED) is 0.546. The van der Waals surface area contributed by atoms with Crippen molar-refractivity contribution in [1.82, 2.24) is 0 Å². The molecule has 0 heterocycles. The Bertz CT molecular complexity index is 314. The number of carbonyl (C=O) groups is 2. The van der Waals surface area contributed by atoms with Crippen LogP contribution in [0, 0.1) is 17.8 Å². The Morgan fingerprint density at radius 1 is 1.20 bits per heavy atom. The zero-order valence-corrected chi connectivity index (χ0v) is 12.8. The van der Waals surface area contributed by atoms with Gasteiger partial charge in [0.15, 0.2) is 0 Å². The third-order valence-corrected chi connectivity index (χ3v) is 4.25. The molecule has 0 radical (unpaired) electrons. The van der Waals surface area contributed by atoms with Crippen LogP contribution >= 0.6 is 0 Å². The lowest BCUT2D eigenvalue weighted by Crippen LogP contribution is -2.34. The largest absolute Gasteiger partial charge is 0.481 e. The van der Waals surface area contributed by atoms with Gasteiger partial charge in [0.25, 0.3) is 0 Å². The fourth-order valence-corrected chi connectivity index (χ4v) is 3.06. The molecule has 0 amide bonds. The van der Waals surface area contributed by atoms with Gasteiger partial charge in [-0.1, -0.05) is 39.5 Å². The lowest BCUT2D eigenvalue weighted by Gasteiger charge is -2.26. The van der Waals surface area contributed by atoms with Gasteiger partial charge in [0.05, 0.1) is 18.4 Å². The van der Waals surface area contributed by atoms with Crippen LogP contribution in [0.3, 0.4) is 0 Å². The minimum Gasteiger partial charge on any atom is -0.481 e. The summed E-state index contributed by atoms with van der Waals surface area (Å²) < 4.78 is 5.29. The minimum absolute atomic E-state index is 0.305. The Morgan fingerprint density at radius 3 is 2.45 bits per heavy atom. The number of carboxylic acids is 1. The van der Waals surface area contributed by atoms with Gasteiger partial charge in [-0.05, 0) is 31.6 Å². The van der Waals surface area contributed by atoms with Crippen molar-refractivity contribution in [3.8, 4) is 0 Å². The highest BCUT2D eigenvalue weighted by atomic mass is 16.5. The molecule has 20 heavy (non-hydrogen) atoms. The Morgan fingerprint density at radius 2 is 1.85 bits per heavy atom. The van der Waals surface area contributed by atoms with Crippen LogP contribution in [0.1, 0.15) is 65.2 Å². The number of rotatable bonds is 8. The summed E-state index contributed by atoms with van der Waals surface area (Å²) in [4.78, 5) is 23.2. The van der Waals surface area contributed by atoms with Crippen molar-refractivity contribution in [3.05, 3.63) is 0 Å². The van der Waals surface area contributed by atoms with E-state index in [2.05, 4.69) is 13.8 Å². The number of carbonyl (C=O) groups excluding carboxylic acids is 1. The number of carboxylic acid groups (broad SMARTS) is 1. The molecule has 1 saturated carbocycles. The molecule has 4 nitrogen and oxygen atoms in total. The van der Waals surface area contributed by atoms with E-state index in [0.29, 0.717) is 25.4 Å². The fourth-order valence-electron chi connectivity index (χ4n) is 3.06. The van der Waals surface area contributed by atoms with Gasteiger partial charge in [0, 0.05) is 0 Å². The van der Waals surface area contributed by atoms with Crippen LogP contribution in [0.2, 0.25) is 0 Å². The van der Waals surface area contributed by atoms with E-state index in [4.69, 9.17) is 9.84 Å². The first kappa shape index (κ1) is 17.0. The van der Waals surface area contributed by atoms with E-state index in [0.717, 1.165) is 25.7 Å². The molecule has 116 valence electrons. The summed E-state index contributed by atoms with van der Waals surface area (Å²) in [6, 6.07) is 0. The predicted octanol–water partition coefficient (Wildman–Crippen LogP) is 3.64. The highest BCUT2D eigenvalue weighted by molar-refractivity contribution is 5.81. The zero-order chi connectivity index (χ0) is 15.0. The first-order valence-electron chi connectivity index (χ1n) is 7.95. The van der Waals surface area contributed by atoms with Crippen molar-refractivity contribution in [2.75, 3.05) is 6.61 Å². The fraction of sp³-hybridized carbons (Fsp3) is 0.875. The molecule has 0 aliphatic heterocycles. The van der Waals surface area contributed by atoms with Gasteiger partial charge in [0.2, 0.25) is 0 Å². The molecular formula is C16H28O4. The highest BCUT2D eigenvalue weighted by Gasteiger charge is 2.36. The van der Waals surface area contributed by atoms with Crippen LogP contribution in [0.15, 0.2) is 0 Å². The number of aliphatic carboxylic acids is 1. The molecule has 0 saturated heterocycles. The third kappa shape index (κ3) is 5.51. The smallest absolute Gasteiger partial charge is 0.309 e. The summed E-state index contributed by atoms with van der Waals surface area (Å²) in [6.07, 6.45) is 7.41. The monoisotopic (exact) mass is 284 g/mol. The molecule has 3 unspecified atom stereocenters. The Kier molecular flexibility index (Phi) is 7.63. The number of hydrogen-bond acceptors (Lipinski definition) is 3. The molecule has 0 bridgehead atoms. The second kappa shape index (κ2) is 8.98. The van der Waals surface area contributed by atoms with Crippen molar-refractivity contribution in [2.24, 2.45) is 17.8 Å². The maximum atomic E-state index is 12.0. The molecule has 0 aromatic carbocycles. The average Bonchev–Trinajstić information content (AvgIpc) is 2.43. The van der Waals surface area contributed by atoms with Crippen molar-refractivity contribution in [2.45, 2.75) is 65.2 Å². The van der Waals surface area contributed by atoms with Gasteiger partial charge in [-0.3, -0.25) is 9.59 Å². The van der Waals surface area contributed by atoms with E-state index in [-0.39, 0.29) is 5.97 Å². The third-order valence-electron chi connectivity index (χ3n) is 4.25. The van der Waals surface area contributed by atoms with Crippen molar-refractivity contribution in [3.63, 3.8) is 0 Å². The van der Waals surface area contributed by atoms with Gasteiger partial charge in [-0.25, -0.2) is 0 Å². The molecule has 1 fully saturated rings. The molecule has 1 rings (SSSR count). The van der Waals surface area contributed by atoms with Crippen molar-refractivity contribution >= 4 is 11.9 Å². The lowest BCUT2D eigenvalue weighted by molar-refractivity contribution is -0.159. The van der Waals surface area contributed by atoms with Crippen LogP contribution in [-0.4, -0.2) is 23.7 Å². The molecular weight excluding hydrogens is 256 g/mol. The SMILES string of the molecule is CCCC(C)CCCOC(=O)C1CCCCC1C(=O)O. The van der Waals surface area contributed by atoms with Gasteiger partial charge in [-0.2, -0.15) is 0 Å². The van der Waals surface area contributed by atoms with Gasteiger partial charge in [-0.15, -0.1) is 0 Å². The molecule has 1 N–H and O–H groups in total. The van der Waals surface area contributed by atoms with Crippen molar-refractivity contribution < 1.29 is 19.4 Å². The summed E-state index contributed by atoms with van der Waals surface area (Å²) in [5, 5.41) is 9.15. The Labute approximate surface area is 121 Å². The molecule has 0 aromatic rings. The topological polar surface area (TPSA) is 63.6 Å². The number of hydrogen-bond donors (Lipinski definition) is 1. The van der Waals surface area contributed by atoms with Crippen LogP contribution in [-0.2, 0) is 14.3 Å². The van der Waals surface area contributed by atoms with Gasteiger partial charge in [0.1, 0.15) is 0 Å². The maximum Gasteiger partial charge on any atom is 0.309 e. The second-order valence-corrected chi connectivity index (χ2v) is 6.04. The first-order chi connectivity index (χ1) is 9.56. The number of ether oxygens (including phenoxy) is 1. The molecule has 3 atom stereocenters. The normalized spacial score (nSPS) is 24.1. The highest BCUT2D eigenvalue weighted by Crippen LogP contribution is 2.31. The van der Waals surface area contributed by atoms with Crippen LogP contribution < -0.4 is 0 Å². The molecule has 1 aliphatic rings. The summed E-state index contributed by atoms with van der Waals surface area (Å²) in [5.41, 5.74) is 0. The van der Waals surface area contributed by atoms with Crippen molar-refractivity contribution in [1.29, 1.82) is 0 Å². The van der Waals surface area contributed by atoms with Crippen LogP contribution in [0.5, 0.6) is 0 Å². The van der Waals surface area contributed by atoms with E-state index in [1.807, 2.05) is 0 Å². The summed E-state index contributed by atoms with van der Waals surface area (Å²) in [6.45, 7) is 4.81. The van der Waals surface area contributed by atoms with E-state index >= 15 is 0 Å². The first-order valence-corrected chi connectivity index (χ1v) is 7.95. The standard InChI is InChI=1S/C16H28O4/c1-3-7-12(2)8-6-11-20-16(19)14-10-5-4-9-13(14)15(17)18/h12-14H,3-11H2,1-2H3,(H,17,18). The zero-order valence-electron chi connectivity index (χ0n) is 12.8. The van der Waals surface area contributed by atoms with Crippen LogP contribution in [0.25, 0.3) is 0 Å². The summed E-state index contributed by atoms with van der Waals surface area (Å²) in [7, 11) is 0. The summed E-state index contributed by atoms with van der Waals surface area (Å²) >= 11 is 0. The number of esters is 1. The summed E-state index contributed by atoms with van der Waals surface area (Å²) in [5.74, 6) is -1.48. The van der Waals surface area contributed by atoms with E-state index in [1.165, 1.54) is 12.8 Å². The predicted molar refractivity (Wildman–Crippen MR) is 77.3 cm³/mol. The van der Waals surface area contributed by atoms with Crippen LogP contribution in [0.4, 0.5) is 0 Å². The van der Waals surface area contributed by atoms with E-state index < -0.39 is 17.8 Å². The molecule has 0 aromatic heterocycles. The average molecular weight is 284 g/mol. The Hall–Kier alpha value is -1.06. The van der Waals surface area contributed by atoms with Gasteiger partial charge < -0.3 is 9.84 Å². The van der Waals surface area contributed by atoms with E-state index in [9.17, 15) is 9.59 Å².